The van der Waals surface area contributed by atoms with Gasteiger partial charge in [-0.05, 0) is 75.7 Å². The molecule has 4 rings (SSSR count). The standard InChI is InChI=1S/C22H26N2O2S/c1-17-15-19-16-18(12-14-27(25,26)20-7-4-3-5-8-20)10-11-21(19)24(17)22-9-6-13-23(22)2/h3-5,7-8,10-11,15-16,22H,6,9,12-14H2,1-2H3. The maximum Gasteiger partial charge on any atom is 0.178 e. The monoisotopic (exact) mass is 382 g/mol. The number of aryl methyl sites for hydroxylation is 2. The van der Waals surface area contributed by atoms with Crippen molar-refractivity contribution in [3.63, 3.8) is 0 Å². The third kappa shape index (κ3) is 3.54. The molecule has 3 aromatic rings. The smallest absolute Gasteiger partial charge is 0.178 e. The van der Waals surface area contributed by atoms with Gasteiger partial charge in [0, 0.05) is 16.6 Å². The fourth-order valence-corrected chi connectivity index (χ4v) is 5.50. The minimum absolute atomic E-state index is 0.133. The maximum atomic E-state index is 12.5. The normalized spacial score (nSPS) is 18.4. The third-order valence-corrected chi connectivity index (χ3v) is 7.37. The van der Waals surface area contributed by atoms with Crippen molar-refractivity contribution in [3.8, 4) is 0 Å². The number of fused-ring (bicyclic) bond motifs is 1. The zero-order valence-electron chi connectivity index (χ0n) is 15.9. The number of hydrogen-bond donors (Lipinski definition) is 0. The zero-order valence-corrected chi connectivity index (χ0v) is 16.7. The minimum atomic E-state index is -3.25. The van der Waals surface area contributed by atoms with Gasteiger partial charge < -0.3 is 4.57 Å². The number of hydrogen-bond acceptors (Lipinski definition) is 3. The Balaban J connectivity index is 1.58. The second-order valence-corrected chi connectivity index (χ2v) is 9.64. The summed E-state index contributed by atoms with van der Waals surface area (Å²) < 4.78 is 27.5. The highest BCUT2D eigenvalue weighted by Crippen LogP contribution is 2.32. The molecular formula is C22H26N2O2S. The third-order valence-electron chi connectivity index (χ3n) is 5.64. The van der Waals surface area contributed by atoms with E-state index in [9.17, 15) is 8.42 Å². The molecule has 2 aromatic carbocycles. The summed E-state index contributed by atoms with van der Waals surface area (Å²) >= 11 is 0. The lowest BCUT2D eigenvalue weighted by molar-refractivity contribution is 0.241. The van der Waals surface area contributed by atoms with Crippen LogP contribution in [0.25, 0.3) is 10.9 Å². The van der Waals surface area contributed by atoms with E-state index in [1.54, 1.807) is 24.3 Å². The molecule has 5 heteroatoms. The first-order chi connectivity index (χ1) is 13.0. The van der Waals surface area contributed by atoms with E-state index in [0.29, 0.717) is 17.5 Å². The van der Waals surface area contributed by atoms with E-state index in [0.717, 1.165) is 12.1 Å². The minimum Gasteiger partial charge on any atom is -0.329 e. The molecule has 0 spiro atoms. The van der Waals surface area contributed by atoms with E-state index in [-0.39, 0.29) is 5.75 Å². The summed E-state index contributed by atoms with van der Waals surface area (Å²) in [5.41, 5.74) is 3.57. The molecule has 2 heterocycles. The van der Waals surface area contributed by atoms with Crippen LogP contribution in [0.2, 0.25) is 0 Å². The summed E-state index contributed by atoms with van der Waals surface area (Å²) in [6, 6.07) is 17.3. The van der Waals surface area contributed by atoms with Crippen LogP contribution in [0.4, 0.5) is 0 Å². The Labute approximate surface area is 161 Å². The van der Waals surface area contributed by atoms with E-state index in [1.165, 1.54) is 29.4 Å². The molecule has 0 radical (unpaired) electrons. The van der Waals surface area contributed by atoms with Gasteiger partial charge in [-0.15, -0.1) is 0 Å². The van der Waals surface area contributed by atoms with Crippen LogP contribution in [-0.2, 0) is 16.3 Å². The fraction of sp³-hybridized carbons (Fsp3) is 0.364. The molecule has 0 aliphatic carbocycles. The van der Waals surface area contributed by atoms with Crippen molar-refractivity contribution >= 4 is 20.7 Å². The number of benzene rings is 2. The molecule has 0 saturated carbocycles. The second kappa shape index (κ2) is 7.13. The average molecular weight is 383 g/mol. The molecule has 27 heavy (non-hydrogen) atoms. The van der Waals surface area contributed by atoms with Gasteiger partial charge in [-0.25, -0.2) is 8.42 Å². The van der Waals surface area contributed by atoms with Crippen LogP contribution in [-0.4, -0.2) is 37.2 Å². The molecule has 1 aromatic heterocycles. The summed E-state index contributed by atoms with van der Waals surface area (Å²) in [5, 5.41) is 1.20. The van der Waals surface area contributed by atoms with Crippen molar-refractivity contribution in [1.29, 1.82) is 0 Å². The Hall–Kier alpha value is -2.11. The molecule has 142 valence electrons. The predicted molar refractivity (Wildman–Crippen MR) is 110 cm³/mol. The summed E-state index contributed by atoms with van der Waals surface area (Å²) in [6.07, 6.45) is 3.36. The molecule has 1 unspecified atom stereocenters. The van der Waals surface area contributed by atoms with Gasteiger partial charge in [-0.1, -0.05) is 24.3 Å². The molecule has 1 fully saturated rings. The van der Waals surface area contributed by atoms with Crippen molar-refractivity contribution in [2.24, 2.45) is 0 Å². The Kier molecular flexibility index (Phi) is 4.82. The lowest BCUT2D eigenvalue weighted by atomic mass is 10.1. The molecule has 1 aliphatic heterocycles. The molecule has 0 amide bonds. The lowest BCUT2D eigenvalue weighted by Gasteiger charge is -2.24. The van der Waals surface area contributed by atoms with Crippen molar-refractivity contribution < 1.29 is 8.42 Å². The average Bonchev–Trinajstić information content (AvgIpc) is 3.22. The first kappa shape index (κ1) is 18.3. The van der Waals surface area contributed by atoms with Gasteiger partial charge in [-0.2, -0.15) is 0 Å². The molecular weight excluding hydrogens is 356 g/mol. The first-order valence-electron chi connectivity index (χ1n) is 9.54. The lowest BCUT2D eigenvalue weighted by Crippen LogP contribution is -2.23. The van der Waals surface area contributed by atoms with Crippen LogP contribution >= 0.6 is 0 Å². The number of nitrogens with zero attached hydrogens (tertiary/aromatic N) is 2. The Morgan fingerprint density at radius 1 is 1.07 bits per heavy atom. The predicted octanol–water partition coefficient (Wildman–Crippen LogP) is 4.19. The number of likely N-dealkylation sites (tertiary alicyclic amines) is 1. The van der Waals surface area contributed by atoms with Crippen molar-refractivity contribution in [3.05, 3.63) is 65.9 Å². The number of rotatable bonds is 5. The molecule has 0 bridgehead atoms. The van der Waals surface area contributed by atoms with Crippen molar-refractivity contribution in [2.75, 3.05) is 19.3 Å². The van der Waals surface area contributed by atoms with Crippen LogP contribution in [0.15, 0.2) is 59.5 Å². The van der Waals surface area contributed by atoms with Crippen LogP contribution in [0.1, 0.15) is 30.3 Å². The molecule has 1 saturated heterocycles. The summed E-state index contributed by atoms with van der Waals surface area (Å²) in [4.78, 5) is 2.81. The highest BCUT2D eigenvalue weighted by molar-refractivity contribution is 7.91. The zero-order chi connectivity index (χ0) is 19.0. The quantitative estimate of drug-likeness (QED) is 0.664. The van der Waals surface area contributed by atoms with Crippen molar-refractivity contribution in [1.82, 2.24) is 9.47 Å². The molecule has 1 aliphatic rings. The van der Waals surface area contributed by atoms with Gasteiger partial charge in [0.15, 0.2) is 9.84 Å². The number of aromatic nitrogens is 1. The van der Waals surface area contributed by atoms with Gasteiger partial charge >= 0.3 is 0 Å². The Morgan fingerprint density at radius 3 is 2.56 bits per heavy atom. The SMILES string of the molecule is Cc1cc2cc(CCS(=O)(=O)c3ccccc3)ccc2n1C1CCCN1C. The summed E-state index contributed by atoms with van der Waals surface area (Å²) in [5.74, 6) is 0.133. The van der Waals surface area contributed by atoms with Gasteiger partial charge in [0.25, 0.3) is 0 Å². The van der Waals surface area contributed by atoms with Crippen LogP contribution in [0.5, 0.6) is 0 Å². The first-order valence-corrected chi connectivity index (χ1v) is 11.2. The molecule has 0 N–H and O–H groups in total. The van der Waals surface area contributed by atoms with E-state index in [1.807, 2.05) is 6.07 Å². The highest BCUT2D eigenvalue weighted by Gasteiger charge is 2.25. The van der Waals surface area contributed by atoms with E-state index < -0.39 is 9.84 Å². The van der Waals surface area contributed by atoms with Crippen molar-refractivity contribution in [2.45, 2.75) is 37.2 Å². The topological polar surface area (TPSA) is 42.3 Å². The number of sulfone groups is 1. The van der Waals surface area contributed by atoms with Gasteiger partial charge in [-0.3, -0.25) is 4.90 Å². The van der Waals surface area contributed by atoms with Gasteiger partial charge in [0.05, 0.1) is 16.8 Å². The second-order valence-electron chi connectivity index (χ2n) is 7.53. The van der Waals surface area contributed by atoms with E-state index in [4.69, 9.17) is 0 Å². The Bertz CT molecular complexity index is 1050. The summed E-state index contributed by atoms with van der Waals surface area (Å²) in [7, 11) is -1.06. The largest absolute Gasteiger partial charge is 0.329 e. The van der Waals surface area contributed by atoms with Crippen LogP contribution in [0, 0.1) is 6.92 Å². The molecule has 4 nitrogen and oxygen atoms in total. The fourth-order valence-electron chi connectivity index (χ4n) is 4.19. The van der Waals surface area contributed by atoms with E-state index >= 15 is 0 Å². The Morgan fingerprint density at radius 2 is 1.85 bits per heavy atom. The van der Waals surface area contributed by atoms with Gasteiger partial charge in [0.1, 0.15) is 0 Å². The van der Waals surface area contributed by atoms with E-state index in [2.05, 4.69) is 47.7 Å². The highest BCUT2D eigenvalue weighted by atomic mass is 32.2. The van der Waals surface area contributed by atoms with Crippen LogP contribution in [0.3, 0.4) is 0 Å². The van der Waals surface area contributed by atoms with Crippen LogP contribution < -0.4 is 0 Å². The van der Waals surface area contributed by atoms with Gasteiger partial charge in [0.2, 0.25) is 0 Å². The maximum absolute atomic E-state index is 12.5. The molecule has 1 atom stereocenters. The summed E-state index contributed by atoms with van der Waals surface area (Å²) in [6.45, 7) is 3.30.